The molecule has 83 heavy (non-hydrogen) atoms. The molecule has 0 aromatic carbocycles. The molecule has 17 nitrogen and oxygen atoms in total. The fourth-order valence-corrected chi connectivity index (χ4v) is 11.0. The first-order valence-corrected chi connectivity index (χ1v) is 36.6. The highest BCUT2D eigenvalue weighted by molar-refractivity contribution is 7.47. The van der Waals surface area contributed by atoms with Gasteiger partial charge in [0.25, 0.3) is 0 Å². The molecule has 0 heterocycles. The summed E-state index contributed by atoms with van der Waals surface area (Å²) in [5, 5.41) is 10.5. The SMILES string of the molecule is CCCCCCCCCCCCC(=O)O[C@H](COC(=O)CCCCCCC)COP(=O)(O)OC[C@H](O)COP(=O)(O)OC[C@@H](COC(=O)CCCCCCCCC(C)CC)OC(=O)CCCCCCCCCCCCCCCCC(C)CC. The van der Waals surface area contributed by atoms with Gasteiger partial charge in [0.2, 0.25) is 0 Å². The van der Waals surface area contributed by atoms with Gasteiger partial charge >= 0.3 is 39.5 Å². The average Bonchev–Trinajstić information content (AvgIpc) is 3.48. The van der Waals surface area contributed by atoms with Crippen LogP contribution in [0.4, 0.5) is 0 Å². The largest absolute Gasteiger partial charge is 0.472 e. The molecular formula is C64H124O17P2. The molecule has 0 radical (unpaired) electrons. The van der Waals surface area contributed by atoms with Gasteiger partial charge in [-0.05, 0) is 37.5 Å². The van der Waals surface area contributed by atoms with E-state index >= 15 is 0 Å². The van der Waals surface area contributed by atoms with E-state index in [2.05, 4.69) is 41.5 Å². The van der Waals surface area contributed by atoms with Gasteiger partial charge in [-0.2, -0.15) is 0 Å². The molecule has 0 aromatic heterocycles. The number of aliphatic hydroxyl groups is 1. The second-order valence-electron chi connectivity index (χ2n) is 23.6. The quantitative estimate of drug-likeness (QED) is 0.0222. The van der Waals surface area contributed by atoms with Crippen LogP contribution >= 0.6 is 15.6 Å². The molecule has 0 saturated heterocycles. The Labute approximate surface area is 505 Å². The minimum Gasteiger partial charge on any atom is -0.462 e. The van der Waals surface area contributed by atoms with Crippen molar-refractivity contribution in [3.8, 4) is 0 Å². The van der Waals surface area contributed by atoms with Crippen molar-refractivity contribution < 1.29 is 80.2 Å². The Kier molecular flexibility index (Phi) is 55.2. The van der Waals surface area contributed by atoms with E-state index in [0.717, 1.165) is 115 Å². The maximum atomic E-state index is 13.0. The zero-order chi connectivity index (χ0) is 61.5. The topological polar surface area (TPSA) is 237 Å². The van der Waals surface area contributed by atoms with Crippen molar-refractivity contribution in [2.75, 3.05) is 39.6 Å². The Morgan fingerprint density at radius 1 is 0.337 bits per heavy atom. The third kappa shape index (κ3) is 56.3. The third-order valence-electron chi connectivity index (χ3n) is 15.4. The highest BCUT2D eigenvalue weighted by Gasteiger charge is 2.30. The van der Waals surface area contributed by atoms with E-state index in [1.165, 1.54) is 122 Å². The van der Waals surface area contributed by atoms with E-state index in [1.54, 1.807) is 0 Å². The first-order valence-electron chi connectivity index (χ1n) is 33.6. The summed E-state index contributed by atoms with van der Waals surface area (Å²) in [6.45, 7) is 9.41. The van der Waals surface area contributed by atoms with Crippen LogP contribution in [0, 0.1) is 11.8 Å². The van der Waals surface area contributed by atoms with Crippen molar-refractivity contribution in [1.29, 1.82) is 0 Å². The number of hydrogen-bond acceptors (Lipinski definition) is 15. The van der Waals surface area contributed by atoms with Gasteiger partial charge < -0.3 is 33.8 Å². The fraction of sp³-hybridized carbons (Fsp3) is 0.938. The first-order chi connectivity index (χ1) is 39.9. The van der Waals surface area contributed by atoms with Crippen molar-refractivity contribution in [3.63, 3.8) is 0 Å². The smallest absolute Gasteiger partial charge is 0.462 e. The molecular weight excluding hydrogens is 1100 g/mol. The predicted octanol–water partition coefficient (Wildman–Crippen LogP) is 17.7. The molecule has 4 unspecified atom stereocenters. The number of rotatable bonds is 63. The van der Waals surface area contributed by atoms with Crippen LogP contribution in [-0.2, 0) is 65.4 Å². The highest BCUT2D eigenvalue weighted by Crippen LogP contribution is 2.45. The van der Waals surface area contributed by atoms with Gasteiger partial charge in [0.15, 0.2) is 12.2 Å². The summed E-state index contributed by atoms with van der Waals surface area (Å²) in [5.74, 6) is -0.569. The zero-order valence-electron chi connectivity index (χ0n) is 53.5. The molecule has 0 aliphatic carbocycles. The summed E-state index contributed by atoms with van der Waals surface area (Å²) in [4.78, 5) is 71.9. The highest BCUT2D eigenvalue weighted by atomic mass is 31.2. The molecule has 0 aromatic rings. The fourth-order valence-electron chi connectivity index (χ4n) is 9.47. The number of carbonyl (C=O) groups excluding carboxylic acids is 4. The minimum absolute atomic E-state index is 0.105. The average molecular weight is 1230 g/mol. The molecule has 0 aliphatic rings. The number of aliphatic hydroxyl groups excluding tert-OH is 1. The minimum atomic E-state index is -4.94. The lowest BCUT2D eigenvalue weighted by atomic mass is 9.99. The Morgan fingerprint density at radius 2 is 0.578 bits per heavy atom. The molecule has 0 fully saturated rings. The normalized spacial score (nSPS) is 15.0. The second-order valence-corrected chi connectivity index (χ2v) is 26.5. The summed E-state index contributed by atoms with van der Waals surface area (Å²) in [7, 11) is -9.88. The van der Waals surface area contributed by atoms with Crippen molar-refractivity contribution in [3.05, 3.63) is 0 Å². The van der Waals surface area contributed by atoms with Crippen LogP contribution in [0.5, 0.6) is 0 Å². The van der Waals surface area contributed by atoms with Crippen LogP contribution in [0.25, 0.3) is 0 Å². The van der Waals surface area contributed by atoms with E-state index in [0.29, 0.717) is 25.7 Å². The molecule has 0 aliphatic heterocycles. The Balaban J connectivity index is 5.14. The zero-order valence-corrected chi connectivity index (χ0v) is 55.3. The van der Waals surface area contributed by atoms with Crippen LogP contribution in [0.2, 0.25) is 0 Å². The number of hydrogen-bond donors (Lipinski definition) is 3. The van der Waals surface area contributed by atoms with Crippen molar-refractivity contribution in [2.45, 2.75) is 336 Å². The first kappa shape index (κ1) is 81.1. The monoisotopic (exact) mass is 1230 g/mol. The predicted molar refractivity (Wildman–Crippen MR) is 331 cm³/mol. The maximum absolute atomic E-state index is 13.0. The van der Waals surface area contributed by atoms with Crippen LogP contribution in [0.3, 0.4) is 0 Å². The van der Waals surface area contributed by atoms with Crippen LogP contribution < -0.4 is 0 Å². The molecule has 3 N–H and O–H groups in total. The number of phosphoric acid groups is 2. The van der Waals surface area contributed by atoms with Gasteiger partial charge in [-0.3, -0.25) is 37.3 Å². The molecule has 19 heteroatoms. The number of carbonyl (C=O) groups is 4. The molecule has 7 atom stereocenters. The molecule has 0 bridgehead atoms. The second kappa shape index (κ2) is 56.6. The summed E-state index contributed by atoms with van der Waals surface area (Å²) in [5.41, 5.74) is 0. The van der Waals surface area contributed by atoms with Gasteiger partial charge in [0.05, 0.1) is 26.4 Å². The van der Waals surface area contributed by atoms with Crippen molar-refractivity contribution in [2.24, 2.45) is 11.8 Å². The Hall–Kier alpha value is -1.94. The lowest BCUT2D eigenvalue weighted by molar-refractivity contribution is -0.161. The standard InChI is InChI=1S/C64H124O17P2/c1-7-11-13-15-16-17-25-28-36-42-48-63(68)80-59(52-74-61(66)46-40-32-14-12-8-2)54-78-82(70,71)76-50-58(65)51-77-83(72,73)79-55-60(53-75-62(67)47-41-35-31-30-34-39-45-57(6)10-4)81-64(69)49-43-37-29-26-23-21-19-18-20-22-24-27-33-38-44-56(5)9-3/h56-60,65H,7-55H2,1-6H3,(H,70,71)(H,72,73)/t56?,57?,58-,59+,60+/m0/s1. The van der Waals surface area contributed by atoms with E-state index in [9.17, 15) is 43.2 Å². The van der Waals surface area contributed by atoms with Crippen LogP contribution in [-0.4, -0.2) is 96.7 Å². The molecule has 0 spiro atoms. The van der Waals surface area contributed by atoms with Crippen LogP contribution in [0.1, 0.15) is 318 Å². The van der Waals surface area contributed by atoms with E-state index in [-0.39, 0.29) is 25.7 Å². The maximum Gasteiger partial charge on any atom is 0.472 e. The van der Waals surface area contributed by atoms with Gasteiger partial charge in [-0.25, -0.2) is 9.13 Å². The van der Waals surface area contributed by atoms with Gasteiger partial charge in [-0.15, -0.1) is 0 Å². The van der Waals surface area contributed by atoms with Gasteiger partial charge in [-0.1, -0.05) is 266 Å². The molecule has 0 saturated carbocycles. The third-order valence-corrected chi connectivity index (χ3v) is 17.3. The number of unbranched alkanes of at least 4 members (excludes halogenated alkanes) is 31. The van der Waals surface area contributed by atoms with Gasteiger partial charge in [0, 0.05) is 25.7 Å². The molecule has 0 rings (SSSR count). The Bertz CT molecular complexity index is 1640. The summed E-state index contributed by atoms with van der Waals surface area (Å²) in [6, 6.07) is 0. The van der Waals surface area contributed by atoms with Gasteiger partial charge in [0.1, 0.15) is 19.3 Å². The van der Waals surface area contributed by atoms with Crippen molar-refractivity contribution in [1.82, 2.24) is 0 Å². The summed E-state index contributed by atoms with van der Waals surface area (Å²) < 4.78 is 67.8. The summed E-state index contributed by atoms with van der Waals surface area (Å²) in [6.07, 6.45) is 39.3. The lowest BCUT2D eigenvalue weighted by Gasteiger charge is -2.21. The van der Waals surface area contributed by atoms with E-state index in [1.807, 2.05) is 0 Å². The summed E-state index contributed by atoms with van der Waals surface area (Å²) >= 11 is 0. The number of phosphoric ester groups is 2. The number of ether oxygens (including phenoxy) is 4. The number of esters is 4. The molecule has 492 valence electrons. The lowest BCUT2D eigenvalue weighted by Crippen LogP contribution is -2.30. The van der Waals surface area contributed by atoms with Crippen molar-refractivity contribution >= 4 is 39.5 Å². The van der Waals surface area contributed by atoms with E-state index in [4.69, 9.17) is 37.0 Å². The molecule has 0 amide bonds. The van der Waals surface area contributed by atoms with Crippen LogP contribution in [0.15, 0.2) is 0 Å². The van der Waals surface area contributed by atoms with E-state index < -0.39 is 97.5 Å². The Morgan fingerprint density at radius 3 is 0.855 bits per heavy atom.